The third kappa shape index (κ3) is 3.85. The van der Waals surface area contributed by atoms with Crippen molar-refractivity contribution in [3.63, 3.8) is 0 Å². The van der Waals surface area contributed by atoms with Gasteiger partial charge in [0.1, 0.15) is 11.4 Å². The maximum absolute atomic E-state index is 12.4. The molecule has 1 aliphatic rings. The van der Waals surface area contributed by atoms with Crippen molar-refractivity contribution in [1.82, 2.24) is 4.98 Å². The van der Waals surface area contributed by atoms with Crippen molar-refractivity contribution in [2.75, 3.05) is 17.7 Å². The van der Waals surface area contributed by atoms with Gasteiger partial charge in [-0.2, -0.15) is 0 Å². The fraction of sp³-hybridized carbons (Fsp3) is 0.368. The van der Waals surface area contributed by atoms with E-state index in [0.717, 1.165) is 11.3 Å². The van der Waals surface area contributed by atoms with E-state index in [4.69, 9.17) is 4.74 Å². The lowest BCUT2D eigenvalue weighted by molar-refractivity contribution is 0.102. The number of hydrogen-bond acceptors (Lipinski definition) is 4. The molecular formula is C19H23N3O2. The molecule has 5 heteroatoms. The predicted molar refractivity (Wildman–Crippen MR) is 95.8 cm³/mol. The second-order valence-electron chi connectivity index (χ2n) is 6.22. The van der Waals surface area contributed by atoms with Gasteiger partial charge in [0, 0.05) is 6.04 Å². The maximum atomic E-state index is 12.4. The number of benzene rings is 1. The molecule has 0 atom stereocenters. The topological polar surface area (TPSA) is 63.2 Å². The molecule has 1 aromatic carbocycles. The first-order valence-corrected chi connectivity index (χ1v) is 8.34. The molecule has 2 N–H and O–H groups in total. The molecule has 0 aliphatic heterocycles. The van der Waals surface area contributed by atoms with E-state index in [9.17, 15) is 4.79 Å². The van der Waals surface area contributed by atoms with Gasteiger partial charge in [-0.25, -0.2) is 4.98 Å². The highest BCUT2D eigenvalue weighted by Gasteiger charge is 2.15. The molecule has 1 aromatic heterocycles. The highest BCUT2D eigenvalue weighted by Crippen LogP contribution is 2.26. The van der Waals surface area contributed by atoms with Gasteiger partial charge in [0.25, 0.3) is 5.91 Å². The van der Waals surface area contributed by atoms with Crippen LogP contribution in [0.5, 0.6) is 5.75 Å². The van der Waals surface area contributed by atoms with E-state index in [1.807, 2.05) is 31.2 Å². The van der Waals surface area contributed by atoms with Crippen molar-refractivity contribution in [3.8, 4) is 5.75 Å². The van der Waals surface area contributed by atoms with Crippen LogP contribution in [0, 0.1) is 6.92 Å². The molecular weight excluding hydrogens is 302 g/mol. The van der Waals surface area contributed by atoms with Crippen molar-refractivity contribution in [1.29, 1.82) is 0 Å². The number of hydrogen-bond donors (Lipinski definition) is 2. The van der Waals surface area contributed by atoms with E-state index in [1.54, 1.807) is 19.4 Å². The summed E-state index contributed by atoms with van der Waals surface area (Å²) in [5.41, 5.74) is 3.05. The van der Waals surface area contributed by atoms with Gasteiger partial charge in [0.05, 0.1) is 24.7 Å². The third-order valence-electron chi connectivity index (χ3n) is 4.33. The average Bonchev–Trinajstić information content (AvgIpc) is 3.09. The number of aryl methyl sites for hydroxylation is 1. The highest BCUT2D eigenvalue weighted by molar-refractivity contribution is 6.03. The molecule has 1 amide bonds. The molecule has 0 radical (unpaired) electrons. The molecule has 0 saturated heterocycles. The van der Waals surface area contributed by atoms with E-state index in [-0.39, 0.29) is 5.91 Å². The molecule has 1 fully saturated rings. The van der Waals surface area contributed by atoms with Crippen molar-refractivity contribution >= 4 is 17.3 Å². The van der Waals surface area contributed by atoms with Crippen LogP contribution in [0.15, 0.2) is 36.5 Å². The van der Waals surface area contributed by atoms with Crippen molar-refractivity contribution in [2.45, 2.75) is 38.6 Å². The number of anilines is 2. The van der Waals surface area contributed by atoms with Gasteiger partial charge in [-0.05, 0) is 49.6 Å². The Morgan fingerprint density at radius 3 is 2.67 bits per heavy atom. The first kappa shape index (κ1) is 16.3. The summed E-state index contributed by atoms with van der Waals surface area (Å²) in [5, 5.41) is 6.33. The van der Waals surface area contributed by atoms with E-state index in [1.165, 1.54) is 25.7 Å². The highest BCUT2D eigenvalue weighted by atomic mass is 16.5. The van der Waals surface area contributed by atoms with Crippen molar-refractivity contribution in [2.24, 2.45) is 0 Å². The number of nitrogens with one attached hydrogen (secondary N) is 2. The number of methoxy groups -OCH3 is 1. The minimum atomic E-state index is -0.244. The zero-order valence-electron chi connectivity index (χ0n) is 14.1. The Balaban J connectivity index is 1.67. The smallest absolute Gasteiger partial charge is 0.274 e. The zero-order chi connectivity index (χ0) is 16.9. The first-order chi connectivity index (χ1) is 11.7. The quantitative estimate of drug-likeness (QED) is 0.872. The predicted octanol–water partition coefficient (Wildman–Crippen LogP) is 4.01. The Morgan fingerprint density at radius 2 is 2.00 bits per heavy atom. The van der Waals surface area contributed by atoms with E-state index >= 15 is 0 Å². The van der Waals surface area contributed by atoms with Crippen LogP contribution in [0.4, 0.5) is 11.4 Å². The van der Waals surface area contributed by atoms with Gasteiger partial charge in [-0.3, -0.25) is 4.79 Å². The normalized spacial score (nSPS) is 14.4. The van der Waals surface area contributed by atoms with Gasteiger partial charge < -0.3 is 15.4 Å². The van der Waals surface area contributed by atoms with Crippen LogP contribution in [-0.2, 0) is 0 Å². The van der Waals surface area contributed by atoms with Crippen molar-refractivity contribution < 1.29 is 9.53 Å². The number of rotatable bonds is 5. The summed E-state index contributed by atoms with van der Waals surface area (Å²) in [5.74, 6) is 0.389. The van der Waals surface area contributed by atoms with Crippen molar-refractivity contribution in [3.05, 3.63) is 47.8 Å². The summed E-state index contributed by atoms with van der Waals surface area (Å²) in [6.07, 6.45) is 6.69. The maximum Gasteiger partial charge on any atom is 0.274 e. The Bertz CT molecular complexity index is 707. The van der Waals surface area contributed by atoms with E-state index < -0.39 is 0 Å². The van der Waals surface area contributed by atoms with E-state index in [2.05, 4.69) is 15.6 Å². The molecule has 0 unspecified atom stereocenters. The number of amides is 1. The fourth-order valence-corrected chi connectivity index (χ4v) is 3.03. The van der Waals surface area contributed by atoms with Crippen LogP contribution in [0.2, 0.25) is 0 Å². The molecule has 3 rings (SSSR count). The van der Waals surface area contributed by atoms with Crippen LogP contribution in [0.3, 0.4) is 0 Å². The number of pyridine rings is 1. The molecule has 1 saturated carbocycles. The van der Waals surface area contributed by atoms with Gasteiger partial charge in [-0.1, -0.05) is 18.9 Å². The lowest BCUT2D eigenvalue weighted by atomic mass is 10.2. The minimum absolute atomic E-state index is 0.244. The summed E-state index contributed by atoms with van der Waals surface area (Å²) in [7, 11) is 1.59. The number of aromatic nitrogens is 1. The summed E-state index contributed by atoms with van der Waals surface area (Å²) >= 11 is 0. The number of nitrogens with zero attached hydrogens (tertiary/aromatic N) is 1. The lowest BCUT2D eigenvalue weighted by Gasteiger charge is -2.13. The number of ether oxygens (including phenoxy) is 1. The second kappa shape index (κ2) is 7.34. The summed E-state index contributed by atoms with van der Waals surface area (Å²) < 4.78 is 5.29. The van der Waals surface area contributed by atoms with Gasteiger partial charge in [0.15, 0.2) is 0 Å². The first-order valence-electron chi connectivity index (χ1n) is 8.34. The molecule has 0 bridgehead atoms. The third-order valence-corrected chi connectivity index (χ3v) is 4.33. The Morgan fingerprint density at radius 1 is 1.21 bits per heavy atom. The Hall–Kier alpha value is -2.56. The van der Waals surface area contributed by atoms with E-state index in [0.29, 0.717) is 23.2 Å². The van der Waals surface area contributed by atoms with Crippen LogP contribution < -0.4 is 15.4 Å². The van der Waals surface area contributed by atoms with Gasteiger partial charge in [-0.15, -0.1) is 0 Å². The monoisotopic (exact) mass is 325 g/mol. The van der Waals surface area contributed by atoms with Crippen LogP contribution in [0.1, 0.15) is 41.7 Å². The Kier molecular flexibility index (Phi) is 4.99. The number of carbonyl (C=O) groups is 1. The van der Waals surface area contributed by atoms with Crippen LogP contribution in [0.25, 0.3) is 0 Å². The summed E-state index contributed by atoms with van der Waals surface area (Å²) in [6, 6.07) is 9.85. The number of carbonyl (C=O) groups excluding carboxylic acids is 1. The second-order valence-corrected chi connectivity index (χ2v) is 6.22. The Labute approximate surface area is 142 Å². The molecule has 2 aromatic rings. The SMILES string of the molecule is COc1ccc(C)cc1NC(=O)c1ccc(NC2CCCC2)cn1. The largest absolute Gasteiger partial charge is 0.495 e. The van der Waals surface area contributed by atoms with Crippen LogP contribution in [-0.4, -0.2) is 24.0 Å². The fourth-order valence-electron chi connectivity index (χ4n) is 3.03. The molecule has 24 heavy (non-hydrogen) atoms. The standard InChI is InChI=1S/C19H23N3O2/c1-13-7-10-18(24-2)17(11-13)22-19(23)16-9-8-15(12-20-16)21-14-5-3-4-6-14/h7-12,14,21H,3-6H2,1-2H3,(H,22,23). The molecule has 5 nitrogen and oxygen atoms in total. The molecule has 1 aliphatic carbocycles. The van der Waals surface area contributed by atoms with Gasteiger partial charge in [0.2, 0.25) is 0 Å². The van der Waals surface area contributed by atoms with Gasteiger partial charge >= 0.3 is 0 Å². The zero-order valence-corrected chi connectivity index (χ0v) is 14.1. The molecule has 126 valence electrons. The average molecular weight is 325 g/mol. The minimum Gasteiger partial charge on any atom is -0.495 e. The summed E-state index contributed by atoms with van der Waals surface area (Å²) in [6.45, 7) is 1.97. The molecule has 1 heterocycles. The summed E-state index contributed by atoms with van der Waals surface area (Å²) in [4.78, 5) is 16.7. The van der Waals surface area contributed by atoms with Crippen LogP contribution >= 0.6 is 0 Å². The lowest BCUT2D eigenvalue weighted by Crippen LogP contribution is -2.16. The molecule has 0 spiro atoms.